The van der Waals surface area contributed by atoms with Crippen molar-refractivity contribution in [1.29, 1.82) is 0 Å². The van der Waals surface area contributed by atoms with Crippen LogP contribution in [0.2, 0.25) is 5.02 Å². The molecule has 8 heteroatoms. The van der Waals surface area contributed by atoms with Gasteiger partial charge in [0, 0.05) is 24.6 Å². The van der Waals surface area contributed by atoms with Gasteiger partial charge in [-0.1, -0.05) is 23.7 Å². The van der Waals surface area contributed by atoms with Gasteiger partial charge in [0.15, 0.2) is 0 Å². The monoisotopic (exact) mass is 419 g/mol. The maximum absolute atomic E-state index is 11.1. The first-order valence-electron chi connectivity index (χ1n) is 7.50. The minimum absolute atomic E-state index is 0.274. The van der Waals surface area contributed by atoms with Crippen molar-refractivity contribution in [3.05, 3.63) is 69.5 Å². The Kier molecular flexibility index (Phi) is 5.35. The molecule has 128 valence electrons. The number of rotatable bonds is 6. The zero-order valence-electron chi connectivity index (χ0n) is 13.1. The van der Waals surface area contributed by atoms with E-state index in [1.165, 1.54) is 17.8 Å². The Morgan fingerprint density at radius 2 is 2.04 bits per heavy atom. The van der Waals surface area contributed by atoms with Gasteiger partial charge in [0.05, 0.1) is 21.3 Å². The lowest BCUT2D eigenvalue weighted by molar-refractivity contribution is 0.1000. The third kappa shape index (κ3) is 4.58. The van der Waals surface area contributed by atoms with Gasteiger partial charge in [-0.25, -0.2) is 4.98 Å². The lowest BCUT2D eigenvalue weighted by Gasteiger charge is -2.09. The van der Waals surface area contributed by atoms with Crippen LogP contribution in [0.25, 0.3) is 0 Å². The smallest absolute Gasteiger partial charge is 0.250 e. The van der Waals surface area contributed by atoms with Crippen molar-refractivity contribution in [2.45, 2.75) is 13.0 Å². The molecule has 0 aliphatic heterocycles. The number of amides is 1. The molecule has 0 fully saturated rings. The van der Waals surface area contributed by atoms with Crippen molar-refractivity contribution in [1.82, 2.24) is 14.8 Å². The molecular weight excluding hydrogens is 406 g/mol. The summed E-state index contributed by atoms with van der Waals surface area (Å²) in [6.07, 6.45) is 5.99. The molecule has 3 rings (SSSR count). The molecule has 1 aromatic carbocycles. The number of nitrogens with zero attached hydrogens (tertiary/aromatic N) is 3. The Morgan fingerprint density at radius 3 is 2.64 bits per heavy atom. The first-order valence-corrected chi connectivity index (χ1v) is 8.67. The highest BCUT2D eigenvalue weighted by molar-refractivity contribution is 9.10. The Bertz CT molecular complexity index is 894. The molecule has 3 N–H and O–H groups in total. The van der Waals surface area contributed by atoms with Gasteiger partial charge >= 0.3 is 0 Å². The van der Waals surface area contributed by atoms with Crippen molar-refractivity contribution < 1.29 is 4.79 Å². The number of carbonyl (C=O) groups is 1. The second-order valence-electron chi connectivity index (χ2n) is 5.41. The van der Waals surface area contributed by atoms with E-state index in [0.29, 0.717) is 10.8 Å². The number of hydrogen-bond acceptors (Lipinski definition) is 4. The van der Waals surface area contributed by atoms with Gasteiger partial charge in [0.2, 0.25) is 5.91 Å². The largest absolute Gasteiger partial charge is 0.366 e. The number of carbonyl (C=O) groups excluding carboxylic acids is 1. The van der Waals surface area contributed by atoms with Gasteiger partial charge in [-0.15, -0.1) is 0 Å². The maximum Gasteiger partial charge on any atom is 0.250 e. The van der Waals surface area contributed by atoms with Crippen LogP contribution in [-0.4, -0.2) is 20.7 Å². The van der Waals surface area contributed by atoms with Gasteiger partial charge in [-0.2, -0.15) is 5.10 Å². The number of benzene rings is 1. The van der Waals surface area contributed by atoms with E-state index in [1.807, 2.05) is 35.1 Å². The number of anilines is 2. The molecule has 0 aliphatic rings. The fourth-order valence-corrected chi connectivity index (χ4v) is 2.80. The van der Waals surface area contributed by atoms with Gasteiger partial charge in [-0.05, 0) is 46.1 Å². The Morgan fingerprint density at radius 1 is 1.28 bits per heavy atom. The number of nitrogens with two attached hydrogens (primary N) is 1. The Labute approximate surface area is 158 Å². The van der Waals surface area contributed by atoms with Gasteiger partial charge in [-0.3, -0.25) is 9.48 Å². The second-order valence-corrected chi connectivity index (χ2v) is 6.74. The maximum atomic E-state index is 11.1. The van der Waals surface area contributed by atoms with Crippen LogP contribution in [0, 0.1) is 0 Å². The predicted octanol–water partition coefficient (Wildman–Crippen LogP) is 3.78. The van der Waals surface area contributed by atoms with Crippen molar-refractivity contribution >= 4 is 44.9 Å². The van der Waals surface area contributed by atoms with Crippen molar-refractivity contribution in [3.8, 4) is 0 Å². The average molecular weight is 421 g/mol. The highest BCUT2D eigenvalue weighted by Gasteiger charge is 2.07. The van der Waals surface area contributed by atoms with E-state index in [0.717, 1.165) is 23.1 Å². The standard InChI is InChI=1S/C17H15BrClN5O/c18-13-9-22-24(10-13)6-5-11-1-3-14(4-2-11)23-17-15(19)7-12(8-21-17)16(20)25/h1-4,7-10H,5-6H2,(H2,20,25)(H,21,23). The van der Waals surface area contributed by atoms with Crippen LogP contribution >= 0.6 is 27.5 Å². The molecule has 2 heterocycles. The van der Waals surface area contributed by atoms with Crippen LogP contribution in [0.3, 0.4) is 0 Å². The SMILES string of the molecule is NC(=O)c1cnc(Nc2ccc(CCn3cc(Br)cn3)cc2)c(Cl)c1. The van der Waals surface area contributed by atoms with E-state index in [-0.39, 0.29) is 5.56 Å². The minimum Gasteiger partial charge on any atom is -0.366 e. The minimum atomic E-state index is -0.561. The van der Waals surface area contributed by atoms with Crippen molar-refractivity contribution in [2.75, 3.05) is 5.32 Å². The highest BCUT2D eigenvalue weighted by atomic mass is 79.9. The molecule has 1 amide bonds. The number of primary amides is 1. The molecule has 0 bridgehead atoms. The molecule has 0 saturated heterocycles. The molecule has 0 aliphatic carbocycles. The molecule has 0 saturated carbocycles. The van der Waals surface area contributed by atoms with Crippen LogP contribution in [-0.2, 0) is 13.0 Å². The van der Waals surface area contributed by atoms with E-state index in [2.05, 4.69) is 31.3 Å². The number of aryl methyl sites for hydroxylation is 2. The molecule has 6 nitrogen and oxygen atoms in total. The van der Waals surface area contributed by atoms with E-state index in [1.54, 1.807) is 6.20 Å². The summed E-state index contributed by atoms with van der Waals surface area (Å²) in [5.74, 6) is -0.0877. The summed E-state index contributed by atoms with van der Waals surface area (Å²) in [7, 11) is 0. The van der Waals surface area contributed by atoms with E-state index >= 15 is 0 Å². The summed E-state index contributed by atoms with van der Waals surface area (Å²) in [4.78, 5) is 15.3. The summed E-state index contributed by atoms with van der Waals surface area (Å²) in [5.41, 5.74) is 7.53. The Hall–Kier alpha value is -2.38. The van der Waals surface area contributed by atoms with Crippen LogP contribution in [0.15, 0.2) is 53.4 Å². The topological polar surface area (TPSA) is 85.8 Å². The Balaban J connectivity index is 1.63. The van der Waals surface area contributed by atoms with E-state index in [9.17, 15) is 4.79 Å². The van der Waals surface area contributed by atoms with Crippen molar-refractivity contribution in [2.24, 2.45) is 5.73 Å². The third-order valence-electron chi connectivity index (χ3n) is 3.57. The molecule has 3 aromatic rings. The molecular formula is C17H15BrClN5O. The molecule has 0 unspecified atom stereocenters. The number of halogens is 2. The highest BCUT2D eigenvalue weighted by Crippen LogP contribution is 2.24. The first kappa shape index (κ1) is 17.4. The molecule has 0 radical (unpaired) electrons. The van der Waals surface area contributed by atoms with Gasteiger partial charge in [0.25, 0.3) is 0 Å². The number of nitrogens with one attached hydrogen (secondary N) is 1. The quantitative estimate of drug-likeness (QED) is 0.635. The normalized spacial score (nSPS) is 10.6. The summed E-state index contributed by atoms with van der Waals surface area (Å²) in [5, 5.41) is 7.70. The fourth-order valence-electron chi connectivity index (χ4n) is 2.26. The third-order valence-corrected chi connectivity index (χ3v) is 4.27. The van der Waals surface area contributed by atoms with Crippen LogP contribution in [0.5, 0.6) is 0 Å². The zero-order valence-corrected chi connectivity index (χ0v) is 15.5. The summed E-state index contributed by atoms with van der Waals surface area (Å²) < 4.78 is 2.86. The zero-order chi connectivity index (χ0) is 17.8. The van der Waals surface area contributed by atoms with E-state index in [4.69, 9.17) is 17.3 Å². The van der Waals surface area contributed by atoms with Gasteiger partial charge < -0.3 is 11.1 Å². The predicted molar refractivity (Wildman–Crippen MR) is 101 cm³/mol. The van der Waals surface area contributed by atoms with E-state index < -0.39 is 5.91 Å². The number of aromatic nitrogens is 3. The lowest BCUT2D eigenvalue weighted by atomic mass is 10.1. The second kappa shape index (κ2) is 7.67. The number of pyridine rings is 1. The number of hydrogen-bond donors (Lipinski definition) is 2. The van der Waals surface area contributed by atoms with Crippen LogP contribution in [0.4, 0.5) is 11.5 Å². The molecule has 0 spiro atoms. The molecule has 2 aromatic heterocycles. The van der Waals surface area contributed by atoms with Crippen LogP contribution < -0.4 is 11.1 Å². The summed E-state index contributed by atoms with van der Waals surface area (Å²) in [6.45, 7) is 0.806. The van der Waals surface area contributed by atoms with Crippen molar-refractivity contribution in [3.63, 3.8) is 0 Å². The first-order chi connectivity index (χ1) is 12.0. The average Bonchev–Trinajstić information content (AvgIpc) is 3.01. The molecule has 25 heavy (non-hydrogen) atoms. The molecule has 0 atom stereocenters. The van der Waals surface area contributed by atoms with Gasteiger partial charge in [0.1, 0.15) is 5.82 Å². The fraction of sp³-hybridized carbons (Fsp3) is 0.118. The lowest BCUT2D eigenvalue weighted by Crippen LogP contribution is -2.11. The van der Waals surface area contributed by atoms with Crippen LogP contribution in [0.1, 0.15) is 15.9 Å². The summed E-state index contributed by atoms with van der Waals surface area (Å²) in [6, 6.07) is 9.47. The summed E-state index contributed by atoms with van der Waals surface area (Å²) >= 11 is 9.51.